The van der Waals surface area contributed by atoms with E-state index in [1.165, 1.54) is 6.07 Å². The number of hydrogen-bond acceptors (Lipinski definition) is 3. The highest BCUT2D eigenvalue weighted by Crippen LogP contribution is 2.32. The third-order valence-electron chi connectivity index (χ3n) is 4.24. The molecule has 0 unspecified atom stereocenters. The molecule has 1 aliphatic rings. The van der Waals surface area contributed by atoms with Crippen LogP contribution in [0.1, 0.15) is 44.2 Å². The Morgan fingerprint density at radius 3 is 2.44 bits per heavy atom. The first-order valence-corrected chi connectivity index (χ1v) is 8.40. The lowest BCUT2D eigenvalue weighted by Crippen LogP contribution is -2.45. The molecule has 1 N–H and O–H groups in total. The second kappa shape index (κ2) is 10.2. The molecule has 1 heterocycles. The van der Waals surface area contributed by atoms with Crippen molar-refractivity contribution in [2.75, 3.05) is 26.2 Å². The molecule has 0 radical (unpaired) electrons. The van der Waals surface area contributed by atoms with E-state index in [0.29, 0.717) is 5.56 Å². The van der Waals surface area contributed by atoms with E-state index in [0.717, 1.165) is 57.9 Å². The van der Waals surface area contributed by atoms with Gasteiger partial charge in [0, 0.05) is 32.2 Å². The molecule has 3 nitrogen and oxygen atoms in total. The lowest BCUT2D eigenvalue weighted by atomic mass is 9.98. The molecule has 1 atom stereocenters. The lowest BCUT2D eigenvalue weighted by Gasteiger charge is -2.35. The molecule has 0 spiro atoms. The number of rotatable bonds is 7. The number of nitrogens with zero attached hydrogens (tertiary/aromatic N) is 1. The van der Waals surface area contributed by atoms with Crippen molar-refractivity contribution in [3.05, 3.63) is 29.6 Å². The van der Waals surface area contributed by atoms with Crippen LogP contribution in [0, 0.1) is 5.82 Å². The minimum absolute atomic E-state index is 0. The maximum absolute atomic E-state index is 14.0. The first-order valence-electron chi connectivity index (χ1n) is 8.40. The molecule has 1 saturated heterocycles. The summed E-state index contributed by atoms with van der Waals surface area (Å²) in [7, 11) is 0. The standard InChI is InChI=1S/C17H24F4N2O.ClH/c1-2-3-4-5-15(23-10-8-22-9-11-23)13-6-7-16(14(18)12-13)24-17(19,20)21;/h6-7,12,15,22H,2-5,8-11H2,1H3;1H/t15-;/m1./s1. The van der Waals surface area contributed by atoms with Gasteiger partial charge in [0.25, 0.3) is 0 Å². The Labute approximate surface area is 152 Å². The SMILES string of the molecule is CCCCC[C@H](c1ccc(OC(F)(F)F)c(F)c1)N1CCNCC1.Cl. The average Bonchev–Trinajstić information content (AvgIpc) is 2.53. The molecule has 25 heavy (non-hydrogen) atoms. The van der Waals surface area contributed by atoms with Crippen molar-refractivity contribution < 1.29 is 22.3 Å². The van der Waals surface area contributed by atoms with Gasteiger partial charge in [-0.15, -0.1) is 25.6 Å². The fourth-order valence-corrected chi connectivity index (χ4v) is 3.07. The molecule has 144 valence electrons. The number of nitrogens with one attached hydrogen (secondary N) is 1. The zero-order chi connectivity index (χ0) is 17.6. The molecule has 0 saturated carbocycles. The molecule has 0 aromatic heterocycles. The van der Waals surface area contributed by atoms with E-state index >= 15 is 0 Å². The van der Waals surface area contributed by atoms with E-state index < -0.39 is 17.9 Å². The van der Waals surface area contributed by atoms with E-state index in [1.807, 2.05) is 0 Å². The lowest BCUT2D eigenvalue weighted by molar-refractivity contribution is -0.275. The van der Waals surface area contributed by atoms with Gasteiger partial charge in [0.2, 0.25) is 0 Å². The highest BCUT2D eigenvalue weighted by atomic mass is 35.5. The Morgan fingerprint density at radius 1 is 1.20 bits per heavy atom. The van der Waals surface area contributed by atoms with Gasteiger partial charge in [0.05, 0.1) is 0 Å². The third kappa shape index (κ3) is 6.99. The zero-order valence-corrected chi connectivity index (χ0v) is 15.1. The monoisotopic (exact) mass is 384 g/mol. The summed E-state index contributed by atoms with van der Waals surface area (Å²) < 4.78 is 54.6. The summed E-state index contributed by atoms with van der Waals surface area (Å²) in [5.41, 5.74) is 0.708. The Kier molecular flexibility index (Phi) is 8.96. The van der Waals surface area contributed by atoms with Crippen LogP contribution in [0.3, 0.4) is 0 Å². The largest absolute Gasteiger partial charge is 0.573 e. The molecule has 0 bridgehead atoms. The Morgan fingerprint density at radius 2 is 1.88 bits per heavy atom. The van der Waals surface area contributed by atoms with E-state index in [2.05, 4.69) is 21.9 Å². The van der Waals surface area contributed by atoms with Crippen molar-refractivity contribution in [2.24, 2.45) is 0 Å². The van der Waals surface area contributed by atoms with Crippen LogP contribution in [0.15, 0.2) is 18.2 Å². The van der Waals surface area contributed by atoms with Crippen molar-refractivity contribution in [1.29, 1.82) is 0 Å². The van der Waals surface area contributed by atoms with Crippen LogP contribution in [-0.4, -0.2) is 37.4 Å². The van der Waals surface area contributed by atoms with Crippen LogP contribution >= 0.6 is 12.4 Å². The normalized spacial score (nSPS) is 17.0. The first-order chi connectivity index (χ1) is 11.4. The second-order valence-corrected chi connectivity index (χ2v) is 6.04. The summed E-state index contributed by atoms with van der Waals surface area (Å²) >= 11 is 0. The fourth-order valence-electron chi connectivity index (χ4n) is 3.07. The van der Waals surface area contributed by atoms with Crippen LogP contribution in [0.5, 0.6) is 5.75 Å². The van der Waals surface area contributed by atoms with Gasteiger partial charge < -0.3 is 10.1 Å². The molecule has 1 aliphatic heterocycles. The van der Waals surface area contributed by atoms with Gasteiger partial charge in [-0.2, -0.15) is 0 Å². The molecule has 8 heteroatoms. The second-order valence-electron chi connectivity index (χ2n) is 6.04. The molecular weight excluding hydrogens is 360 g/mol. The molecule has 1 fully saturated rings. The molecule has 1 aromatic rings. The van der Waals surface area contributed by atoms with E-state index in [4.69, 9.17) is 0 Å². The van der Waals surface area contributed by atoms with E-state index in [9.17, 15) is 17.6 Å². The van der Waals surface area contributed by atoms with Crippen LogP contribution in [0.25, 0.3) is 0 Å². The maximum Gasteiger partial charge on any atom is 0.573 e. The van der Waals surface area contributed by atoms with Crippen molar-refractivity contribution in [2.45, 2.75) is 45.0 Å². The number of halogens is 5. The Hall–Kier alpha value is -1.05. The summed E-state index contributed by atoms with van der Waals surface area (Å²) in [5, 5.41) is 3.27. The highest BCUT2D eigenvalue weighted by molar-refractivity contribution is 5.85. The van der Waals surface area contributed by atoms with Crippen LogP contribution in [0.2, 0.25) is 0 Å². The Balaban J connectivity index is 0.00000312. The molecule has 1 aromatic carbocycles. The third-order valence-corrected chi connectivity index (χ3v) is 4.24. The van der Waals surface area contributed by atoms with Gasteiger partial charge in [-0.3, -0.25) is 4.90 Å². The van der Waals surface area contributed by atoms with Crippen molar-refractivity contribution in [3.8, 4) is 5.75 Å². The minimum atomic E-state index is -4.89. The number of unbranched alkanes of at least 4 members (excludes halogenated alkanes) is 2. The molecule has 2 rings (SSSR count). The number of hydrogen-bond donors (Lipinski definition) is 1. The summed E-state index contributed by atoms with van der Waals surface area (Å²) in [5.74, 6) is -1.75. The van der Waals surface area contributed by atoms with Crippen LogP contribution in [0.4, 0.5) is 17.6 Å². The van der Waals surface area contributed by atoms with Gasteiger partial charge >= 0.3 is 6.36 Å². The van der Waals surface area contributed by atoms with Gasteiger partial charge in [0.1, 0.15) is 0 Å². The van der Waals surface area contributed by atoms with Gasteiger partial charge in [-0.25, -0.2) is 4.39 Å². The van der Waals surface area contributed by atoms with Gasteiger partial charge in [-0.1, -0.05) is 32.3 Å². The summed E-state index contributed by atoms with van der Waals surface area (Å²) in [6, 6.07) is 3.82. The van der Waals surface area contributed by atoms with E-state index in [-0.39, 0.29) is 18.4 Å². The quantitative estimate of drug-likeness (QED) is 0.546. The zero-order valence-electron chi connectivity index (χ0n) is 14.2. The van der Waals surface area contributed by atoms with Gasteiger partial charge in [0.15, 0.2) is 11.6 Å². The minimum Gasteiger partial charge on any atom is -0.403 e. The van der Waals surface area contributed by atoms with Crippen LogP contribution < -0.4 is 10.1 Å². The number of benzene rings is 1. The average molecular weight is 385 g/mol. The van der Waals surface area contributed by atoms with Crippen molar-refractivity contribution >= 4 is 12.4 Å². The summed E-state index contributed by atoms with van der Waals surface area (Å²) in [6.45, 7) is 5.53. The van der Waals surface area contributed by atoms with Crippen molar-refractivity contribution in [3.63, 3.8) is 0 Å². The van der Waals surface area contributed by atoms with Crippen molar-refractivity contribution in [1.82, 2.24) is 10.2 Å². The summed E-state index contributed by atoms with van der Waals surface area (Å²) in [4.78, 5) is 2.27. The van der Waals surface area contributed by atoms with Crippen LogP contribution in [-0.2, 0) is 0 Å². The molecule has 0 aliphatic carbocycles. The number of alkyl halides is 3. The maximum atomic E-state index is 14.0. The fraction of sp³-hybridized carbons (Fsp3) is 0.647. The summed E-state index contributed by atoms with van der Waals surface area (Å²) in [6.07, 6.45) is -0.844. The Bertz CT molecular complexity index is 522. The first kappa shape index (κ1) is 22.0. The predicted molar refractivity (Wildman–Crippen MR) is 91.7 cm³/mol. The number of piperazine rings is 1. The predicted octanol–water partition coefficient (Wildman–Crippen LogP) is 4.67. The van der Waals surface area contributed by atoms with Gasteiger partial charge in [-0.05, 0) is 24.1 Å². The van der Waals surface area contributed by atoms with E-state index in [1.54, 1.807) is 6.07 Å². The highest BCUT2D eigenvalue weighted by Gasteiger charge is 2.32. The topological polar surface area (TPSA) is 24.5 Å². The smallest absolute Gasteiger partial charge is 0.403 e. The molecule has 0 amide bonds. The number of ether oxygens (including phenoxy) is 1. The molecular formula is C17H25ClF4N2O.